The van der Waals surface area contributed by atoms with Gasteiger partial charge < -0.3 is 10.6 Å². The molecule has 1 aliphatic heterocycles. The maximum Gasteiger partial charge on any atom is 0.251 e. The summed E-state index contributed by atoms with van der Waals surface area (Å²) in [5.41, 5.74) is 1.29. The smallest absolute Gasteiger partial charge is 0.251 e. The number of fused-ring (bicyclic) bond motifs is 1. The third kappa shape index (κ3) is 4.30. The summed E-state index contributed by atoms with van der Waals surface area (Å²) in [5.74, 6) is 1.09. The minimum absolute atomic E-state index is 0.0284. The SMILES string of the molecule is O=C1CSc2ccc(C(=O)NCCSc3ccccc3)cc2N1. The summed E-state index contributed by atoms with van der Waals surface area (Å²) in [5, 5.41) is 5.71. The monoisotopic (exact) mass is 344 g/mol. The quantitative estimate of drug-likeness (QED) is 0.646. The van der Waals surface area contributed by atoms with Crippen LogP contribution in [-0.2, 0) is 4.79 Å². The maximum absolute atomic E-state index is 12.2. The van der Waals surface area contributed by atoms with Crippen molar-refractivity contribution in [3.63, 3.8) is 0 Å². The highest BCUT2D eigenvalue weighted by molar-refractivity contribution is 8.00. The molecule has 0 spiro atoms. The number of amides is 2. The maximum atomic E-state index is 12.2. The van der Waals surface area contributed by atoms with E-state index in [4.69, 9.17) is 0 Å². The normalized spacial score (nSPS) is 13.1. The number of carbonyl (C=O) groups excluding carboxylic acids is 2. The van der Waals surface area contributed by atoms with E-state index in [2.05, 4.69) is 22.8 Å². The van der Waals surface area contributed by atoms with Crippen molar-refractivity contribution in [3.05, 3.63) is 54.1 Å². The molecule has 0 radical (unpaired) electrons. The molecule has 2 N–H and O–H groups in total. The lowest BCUT2D eigenvalue weighted by atomic mass is 10.2. The molecule has 2 aromatic carbocycles. The van der Waals surface area contributed by atoms with Gasteiger partial charge in [-0.15, -0.1) is 23.5 Å². The van der Waals surface area contributed by atoms with Gasteiger partial charge in [0.25, 0.3) is 5.91 Å². The molecule has 118 valence electrons. The minimum atomic E-state index is -0.119. The van der Waals surface area contributed by atoms with E-state index in [0.29, 0.717) is 17.9 Å². The van der Waals surface area contributed by atoms with E-state index in [0.717, 1.165) is 16.3 Å². The number of hydrogen-bond acceptors (Lipinski definition) is 4. The van der Waals surface area contributed by atoms with Crippen molar-refractivity contribution in [3.8, 4) is 0 Å². The molecule has 2 aromatic rings. The van der Waals surface area contributed by atoms with Crippen LogP contribution in [0, 0.1) is 0 Å². The number of nitrogens with one attached hydrogen (secondary N) is 2. The Bertz CT molecular complexity index is 720. The first-order chi connectivity index (χ1) is 11.2. The van der Waals surface area contributed by atoms with Gasteiger partial charge in [-0.05, 0) is 30.3 Å². The van der Waals surface area contributed by atoms with Gasteiger partial charge >= 0.3 is 0 Å². The van der Waals surface area contributed by atoms with Crippen LogP contribution >= 0.6 is 23.5 Å². The van der Waals surface area contributed by atoms with Gasteiger partial charge in [-0.25, -0.2) is 0 Å². The fourth-order valence-electron chi connectivity index (χ4n) is 2.18. The predicted octanol–water partition coefficient (Wildman–Crippen LogP) is 3.25. The van der Waals surface area contributed by atoms with Gasteiger partial charge in [-0.3, -0.25) is 9.59 Å². The lowest BCUT2D eigenvalue weighted by molar-refractivity contribution is -0.113. The third-order valence-electron chi connectivity index (χ3n) is 3.27. The molecule has 4 nitrogen and oxygen atoms in total. The van der Waals surface area contributed by atoms with Crippen molar-refractivity contribution in [2.45, 2.75) is 9.79 Å². The molecule has 6 heteroatoms. The lowest BCUT2D eigenvalue weighted by Crippen LogP contribution is -2.26. The highest BCUT2D eigenvalue weighted by Crippen LogP contribution is 2.31. The number of carbonyl (C=O) groups is 2. The van der Waals surface area contributed by atoms with Crippen LogP contribution in [0.25, 0.3) is 0 Å². The van der Waals surface area contributed by atoms with Crippen LogP contribution in [0.15, 0.2) is 58.3 Å². The van der Waals surface area contributed by atoms with Gasteiger partial charge in [0.15, 0.2) is 0 Å². The molecule has 2 amide bonds. The summed E-state index contributed by atoms with van der Waals surface area (Å²) in [6, 6.07) is 15.5. The summed E-state index contributed by atoms with van der Waals surface area (Å²) < 4.78 is 0. The van der Waals surface area contributed by atoms with E-state index in [1.807, 2.05) is 24.3 Å². The molecule has 1 heterocycles. The second-order valence-corrected chi connectivity index (χ2v) is 7.15. The van der Waals surface area contributed by atoms with Crippen LogP contribution in [0.1, 0.15) is 10.4 Å². The summed E-state index contributed by atoms with van der Waals surface area (Å²) in [6.45, 7) is 0.594. The summed E-state index contributed by atoms with van der Waals surface area (Å²) in [6.07, 6.45) is 0. The van der Waals surface area contributed by atoms with Crippen molar-refractivity contribution in [2.24, 2.45) is 0 Å². The number of hydrogen-bond donors (Lipinski definition) is 2. The Morgan fingerprint density at radius 3 is 2.87 bits per heavy atom. The lowest BCUT2D eigenvalue weighted by Gasteiger charge is -2.16. The first-order valence-corrected chi connectivity index (χ1v) is 9.22. The molecule has 0 atom stereocenters. The van der Waals surface area contributed by atoms with Crippen LogP contribution in [-0.4, -0.2) is 29.9 Å². The van der Waals surface area contributed by atoms with Crippen LogP contribution in [0.2, 0.25) is 0 Å². The summed E-state index contributed by atoms with van der Waals surface area (Å²) in [4.78, 5) is 25.8. The van der Waals surface area contributed by atoms with Crippen molar-refractivity contribution < 1.29 is 9.59 Å². The molecule has 0 saturated carbocycles. The average Bonchev–Trinajstić information content (AvgIpc) is 2.58. The van der Waals surface area contributed by atoms with Gasteiger partial charge in [0.1, 0.15) is 0 Å². The predicted molar refractivity (Wildman–Crippen MR) is 95.3 cm³/mol. The number of benzene rings is 2. The minimum Gasteiger partial charge on any atom is -0.351 e. The Labute approximate surface area is 143 Å². The Balaban J connectivity index is 1.52. The van der Waals surface area contributed by atoms with E-state index < -0.39 is 0 Å². The highest BCUT2D eigenvalue weighted by Gasteiger charge is 2.17. The van der Waals surface area contributed by atoms with E-state index in [1.165, 1.54) is 16.7 Å². The molecular weight excluding hydrogens is 328 g/mol. The Kier molecular flexibility index (Phi) is 5.25. The molecule has 0 bridgehead atoms. The van der Waals surface area contributed by atoms with Crippen LogP contribution in [0.5, 0.6) is 0 Å². The zero-order valence-corrected chi connectivity index (χ0v) is 14.0. The number of thioether (sulfide) groups is 2. The van der Waals surface area contributed by atoms with E-state index >= 15 is 0 Å². The summed E-state index contributed by atoms with van der Waals surface area (Å²) >= 11 is 3.19. The molecule has 3 rings (SSSR count). The van der Waals surface area contributed by atoms with Crippen LogP contribution < -0.4 is 10.6 Å². The Morgan fingerprint density at radius 1 is 1.22 bits per heavy atom. The fourth-order valence-corrected chi connectivity index (χ4v) is 3.75. The molecule has 0 aliphatic carbocycles. The van der Waals surface area contributed by atoms with Crippen LogP contribution in [0.3, 0.4) is 0 Å². The topological polar surface area (TPSA) is 58.2 Å². The van der Waals surface area contributed by atoms with Gasteiger partial charge in [0.05, 0.1) is 11.4 Å². The largest absolute Gasteiger partial charge is 0.351 e. The summed E-state index contributed by atoms with van der Waals surface area (Å²) in [7, 11) is 0. The van der Waals surface area contributed by atoms with Crippen molar-refractivity contribution in [1.82, 2.24) is 5.32 Å². The highest BCUT2D eigenvalue weighted by atomic mass is 32.2. The van der Waals surface area contributed by atoms with Crippen molar-refractivity contribution in [1.29, 1.82) is 0 Å². The molecule has 1 aliphatic rings. The first kappa shape index (κ1) is 16.0. The Hall–Kier alpha value is -1.92. The van der Waals surface area contributed by atoms with Crippen molar-refractivity contribution in [2.75, 3.05) is 23.4 Å². The van der Waals surface area contributed by atoms with Gasteiger partial charge in [-0.1, -0.05) is 18.2 Å². The van der Waals surface area contributed by atoms with Gasteiger partial charge in [0.2, 0.25) is 5.91 Å². The Morgan fingerprint density at radius 2 is 2.04 bits per heavy atom. The van der Waals surface area contributed by atoms with Crippen LogP contribution in [0.4, 0.5) is 5.69 Å². The molecule has 0 unspecified atom stereocenters. The molecule has 0 aromatic heterocycles. The molecule has 0 fully saturated rings. The third-order valence-corrected chi connectivity index (χ3v) is 5.36. The van der Waals surface area contributed by atoms with Gasteiger partial charge in [-0.2, -0.15) is 0 Å². The number of anilines is 1. The average molecular weight is 344 g/mol. The standard InChI is InChI=1S/C17H16N2O2S2/c20-16-11-23-15-7-6-12(10-14(15)19-16)17(21)18-8-9-22-13-4-2-1-3-5-13/h1-7,10H,8-9,11H2,(H,18,21)(H,19,20). The second kappa shape index (κ2) is 7.57. The van der Waals surface area contributed by atoms with Gasteiger partial charge in [0, 0.05) is 27.7 Å². The first-order valence-electron chi connectivity index (χ1n) is 7.25. The van der Waals surface area contributed by atoms with Crippen molar-refractivity contribution >= 4 is 41.0 Å². The van der Waals surface area contributed by atoms with E-state index in [9.17, 15) is 9.59 Å². The molecule has 23 heavy (non-hydrogen) atoms. The fraction of sp³-hybridized carbons (Fsp3) is 0.176. The zero-order chi connectivity index (χ0) is 16.1. The second-order valence-electron chi connectivity index (χ2n) is 4.97. The van der Waals surface area contributed by atoms with E-state index in [-0.39, 0.29) is 11.8 Å². The number of rotatable bonds is 5. The molecular formula is C17H16N2O2S2. The zero-order valence-electron chi connectivity index (χ0n) is 12.4. The van der Waals surface area contributed by atoms with E-state index in [1.54, 1.807) is 23.9 Å². The molecule has 0 saturated heterocycles.